The van der Waals surface area contributed by atoms with Gasteiger partial charge < -0.3 is 30.8 Å². The number of carboxylic acids is 2. The van der Waals surface area contributed by atoms with Gasteiger partial charge >= 0.3 is 11.9 Å². The number of aromatic nitrogens is 2. The lowest BCUT2D eigenvalue weighted by Crippen LogP contribution is -2.15. The van der Waals surface area contributed by atoms with Crippen LogP contribution in [0.3, 0.4) is 0 Å². The molecule has 2 aliphatic rings. The number of nitrogens with one attached hydrogen (secondary N) is 4. The number of H-pyrrole nitrogens is 2. The maximum Gasteiger partial charge on any atom is 0.307 e. The molecule has 0 aromatic carbocycles. The topological polar surface area (TPSA) is 164 Å². The quantitative estimate of drug-likeness (QED) is 0.255. The third kappa shape index (κ3) is 5.68. The molecule has 4 rings (SSSR count). The molecule has 2 aromatic heterocycles. The number of hydrogen-bond acceptors (Lipinski definition) is 4. The second kappa shape index (κ2) is 11.5. The molecule has 6 N–H and O–H groups in total. The van der Waals surface area contributed by atoms with Crippen molar-refractivity contribution in [3.63, 3.8) is 0 Å². The van der Waals surface area contributed by atoms with Gasteiger partial charge in [-0.05, 0) is 86.1 Å². The fourth-order valence-electron chi connectivity index (χ4n) is 5.70. The summed E-state index contributed by atoms with van der Waals surface area (Å²) in [6.45, 7) is 11.2. The van der Waals surface area contributed by atoms with Crippen molar-refractivity contribution in [2.75, 3.05) is 0 Å². The van der Waals surface area contributed by atoms with E-state index in [0.29, 0.717) is 69.3 Å². The third-order valence-electron chi connectivity index (χ3n) is 8.04. The lowest BCUT2D eigenvalue weighted by Gasteiger charge is -2.05. The van der Waals surface area contributed by atoms with Gasteiger partial charge in [-0.2, -0.15) is 0 Å². The van der Waals surface area contributed by atoms with E-state index in [-0.39, 0.29) is 31.1 Å². The number of allylic oxidation sites excluding steroid dienone is 2. The van der Waals surface area contributed by atoms with Crippen LogP contribution in [0, 0.1) is 13.8 Å². The highest BCUT2D eigenvalue weighted by molar-refractivity contribution is 6.01. The van der Waals surface area contributed by atoms with Gasteiger partial charge in [0.2, 0.25) is 0 Å². The first-order valence-electron chi connectivity index (χ1n) is 13.7. The third-order valence-corrected chi connectivity index (χ3v) is 8.04. The Morgan fingerprint density at radius 3 is 1.37 bits per heavy atom. The molecule has 0 fully saturated rings. The molecule has 0 atom stereocenters. The van der Waals surface area contributed by atoms with E-state index >= 15 is 0 Å². The smallest absolute Gasteiger partial charge is 0.307 e. The average molecular weight is 561 g/mol. The van der Waals surface area contributed by atoms with Crippen LogP contribution in [0.15, 0.2) is 33.7 Å². The maximum atomic E-state index is 12.3. The van der Waals surface area contributed by atoms with Gasteiger partial charge in [0, 0.05) is 51.7 Å². The van der Waals surface area contributed by atoms with Gasteiger partial charge in [-0.1, -0.05) is 13.8 Å². The summed E-state index contributed by atoms with van der Waals surface area (Å²) in [4.78, 5) is 54.9. The molecular formula is C31H36N4O6. The van der Waals surface area contributed by atoms with Crippen molar-refractivity contribution in [3.8, 4) is 0 Å². The highest BCUT2D eigenvalue weighted by Crippen LogP contribution is 2.31. The van der Waals surface area contributed by atoms with Crippen LogP contribution in [0.2, 0.25) is 0 Å². The Balaban J connectivity index is 1.80. The maximum absolute atomic E-state index is 12.3. The summed E-state index contributed by atoms with van der Waals surface area (Å²) >= 11 is 0. The van der Waals surface area contributed by atoms with Crippen LogP contribution in [0.1, 0.15) is 85.6 Å². The van der Waals surface area contributed by atoms with E-state index in [4.69, 9.17) is 0 Å². The van der Waals surface area contributed by atoms with E-state index in [2.05, 4.69) is 20.6 Å². The summed E-state index contributed by atoms with van der Waals surface area (Å²) in [6, 6.07) is 0. The first-order valence-corrected chi connectivity index (χ1v) is 13.7. The highest BCUT2D eigenvalue weighted by atomic mass is 16.4. The van der Waals surface area contributed by atoms with E-state index < -0.39 is 11.9 Å². The van der Waals surface area contributed by atoms with Crippen LogP contribution >= 0.6 is 0 Å². The molecule has 10 heteroatoms. The summed E-state index contributed by atoms with van der Waals surface area (Å²) in [6.07, 6.45) is 4.79. The van der Waals surface area contributed by atoms with Crippen molar-refractivity contribution in [1.82, 2.24) is 20.6 Å². The number of rotatable bonds is 10. The van der Waals surface area contributed by atoms with Gasteiger partial charge in [-0.3, -0.25) is 19.2 Å². The van der Waals surface area contributed by atoms with Crippen LogP contribution < -0.4 is 10.6 Å². The number of amides is 2. The molecule has 0 bridgehead atoms. The number of carbonyl (C=O) groups is 4. The molecule has 0 radical (unpaired) electrons. The Labute approximate surface area is 238 Å². The summed E-state index contributed by atoms with van der Waals surface area (Å²) < 4.78 is 0. The van der Waals surface area contributed by atoms with Gasteiger partial charge in [0.15, 0.2) is 0 Å². The number of aromatic amines is 2. The minimum Gasteiger partial charge on any atom is -0.481 e. The number of hydrogen-bond donors (Lipinski definition) is 6. The second-order valence-electron chi connectivity index (χ2n) is 10.5. The molecule has 0 aliphatic carbocycles. The van der Waals surface area contributed by atoms with Gasteiger partial charge in [0.25, 0.3) is 11.8 Å². The van der Waals surface area contributed by atoms with Crippen molar-refractivity contribution in [3.05, 3.63) is 78.7 Å². The lowest BCUT2D eigenvalue weighted by molar-refractivity contribution is -0.137. The molecule has 4 heterocycles. The van der Waals surface area contributed by atoms with E-state index in [0.717, 1.165) is 22.3 Å². The molecule has 0 saturated carbocycles. The van der Waals surface area contributed by atoms with Crippen LogP contribution in [-0.2, 0) is 38.4 Å². The first kappa shape index (κ1) is 29.4. The second-order valence-corrected chi connectivity index (χ2v) is 10.5. The average Bonchev–Trinajstić information content (AvgIpc) is 3.54. The van der Waals surface area contributed by atoms with E-state index in [1.165, 1.54) is 0 Å². The van der Waals surface area contributed by atoms with Crippen LogP contribution in [-0.4, -0.2) is 43.9 Å². The Morgan fingerprint density at radius 2 is 1.05 bits per heavy atom. The van der Waals surface area contributed by atoms with Gasteiger partial charge in [-0.15, -0.1) is 0 Å². The standard InChI is InChI=1S/C31H36N4O6/c1-7-18-16(5)30(40)34-24(18)11-22-14(3)20(9-28(36)37)26(32-22)13-27-21(10-29(38)39)15(4)23(33-27)12-25-19(8-2)17(6)31(41)35-25/h11-12,32-33H,7-10,13H2,1-6H3,(H,34,40)(H,35,41)(H,36,37)(H,38,39)/b24-11-,25-12-. The Morgan fingerprint density at radius 1 is 0.683 bits per heavy atom. The summed E-state index contributed by atoms with van der Waals surface area (Å²) in [5.41, 5.74) is 9.84. The minimum atomic E-state index is -0.989. The lowest BCUT2D eigenvalue weighted by atomic mass is 9.99. The summed E-state index contributed by atoms with van der Waals surface area (Å²) in [5, 5.41) is 25.1. The Kier molecular flexibility index (Phi) is 8.23. The molecule has 216 valence electrons. The molecule has 41 heavy (non-hydrogen) atoms. The van der Waals surface area contributed by atoms with Crippen molar-refractivity contribution in [2.45, 2.75) is 73.6 Å². The summed E-state index contributed by atoms with van der Waals surface area (Å²) in [5.74, 6) is -2.28. The zero-order valence-corrected chi connectivity index (χ0v) is 24.2. The summed E-state index contributed by atoms with van der Waals surface area (Å²) in [7, 11) is 0. The van der Waals surface area contributed by atoms with Crippen molar-refractivity contribution >= 4 is 35.9 Å². The van der Waals surface area contributed by atoms with Crippen LogP contribution in [0.4, 0.5) is 0 Å². The number of carbonyl (C=O) groups excluding carboxylic acids is 2. The highest BCUT2D eigenvalue weighted by Gasteiger charge is 2.26. The van der Waals surface area contributed by atoms with Crippen molar-refractivity contribution in [2.24, 2.45) is 0 Å². The van der Waals surface area contributed by atoms with Gasteiger partial charge in [-0.25, -0.2) is 0 Å². The zero-order valence-electron chi connectivity index (χ0n) is 24.2. The largest absolute Gasteiger partial charge is 0.481 e. The minimum absolute atomic E-state index is 0.153. The SMILES string of the molecule is CCC1=C(C)C(=O)N/C1=C\c1[nH]c(Cc2[nH]c(/C=C3\NC(=O)C(C)=C3CC)c(C)c2CC(=O)O)c(CC(=O)O)c1C. The van der Waals surface area contributed by atoms with E-state index in [1.807, 2.05) is 39.8 Å². The van der Waals surface area contributed by atoms with Crippen molar-refractivity contribution < 1.29 is 29.4 Å². The molecule has 0 unspecified atom stereocenters. The van der Waals surface area contributed by atoms with E-state index in [9.17, 15) is 29.4 Å². The van der Waals surface area contributed by atoms with Gasteiger partial charge in [0.1, 0.15) is 0 Å². The number of aliphatic carboxylic acids is 2. The fourth-order valence-corrected chi connectivity index (χ4v) is 5.70. The molecule has 2 amide bonds. The Bertz CT molecular complexity index is 1490. The molecule has 2 aromatic rings. The zero-order chi connectivity index (χ0) is 30.2. The van der Waals surface area contributed by atoms with Gasteiger partial charge in [0.05, 0.1) is 12.8 Å². The monoisotopic (exact) mass is 560 g/mol. The predicted molar refractivity (Wildman–Crippen MR) is 155 cm³/mol. The molecule has 2 aliphatic heterocycles. The molecule has 0 spiro atoms. The molecular weight excluding hydrogens is 524 g/mol. The molecule has 10 nitrogen and oxygen atoms in total. The molecule has 0 saturated heterocycles. The van der Waals surface area contributed by atoms with E-state index in [1.54, 1.807) is 13.8 Å². The first-order chi connectivity index (χ1) is 19.4. The van der Waals surface area contributed by atoms with Crippen LogP contribution in [0.25, 0.3) is 12.2 Å². The number of carboxylic acid groups (broad SMARTS) is 2. The van der Waals surface area contributed by atoms with Crippen LogP contribution in [0.5, 0.6) is 0 Å². The van der Waals surface area contributed by atoms with Crippen molar-refractivity contribution in [1.29, 1.82) is 0 Å². The Hall–Kier alpha value is -4.60. The fraction of sp³-hybridized carbons (Fsp3) is 0.355. The predicted octanol–water partition coefficient (Wildman–Crippen LogP) is 4.20. The normalized spacial score (nSPS) is 17.3.